The number of nitrogens with zero attached hydrogens (tertiary/aromatic N) is 1. The van der Waals surface area contributed by atoms with Crippen LogP contribution in [-0.2, 0) is 28.7 Å². The standard InChI is InChI=1S/C32H49NO7/c1-6-9-10-11-16-33-27-14-15-29(40-32(38)21(4)8-3)31-25(22(5)28(36)20-26(27)31)13-12-23(34)18-24(35)19-30(37)39-17-7-2/h7,20-22,24-25,29,31,35H,2,6,8-19H2,1,3-5H3/b33-27-. The molecule has 1 fully saturated rings. The number of aliphatic hydroxyl groups is 1. The van der Waals surface area contributed by atoms with Crippen LogP contribution in [0.1, 0.15) is 98.3 Å². The molecule has 0 aromatic heterocycles. The van der Waals surface area contributed by atoms with Crippen LogP contribution in [0.3, 0.4) is 0 Å². The van der Waals surface area contributed by atoms with E-state index in [2.05, 4.69) is 13.5 Å². The average Bonchev–Trinajstić information content (AvgIpc) is 2.92. The fourth-order valence-corrected chi connectivity index (χ4v) is 5.57. The van der Waals surface area contributed by atoms with Gasteiger partial charge >= 0.3 is 11.9 Å². The van der Waals surface area contributed by atoms with Crippen LogP contribution in [-0.4, -0.2) is 59.7 Å². The topological polar surface area (TPSA) is 119 Å². The van der Waals surface area contributed by atoms with Crippen LogP contribution >= 0.6 is 0 Å². The zero-order chi connectivity index (χ0) is 29.7. The van der Waals surface area contributed by atoms with Gasteiger partial charge in [0.15, 0.2) is 5.78 Å². The zero-order valence-electron chi connectivity index (χ0n) is 24.9. The molecule has 0 radical (unpaired) electrons. The number of hydrogen-bond acceptors (Lipinski definition) is 8. The van der Waals surface area contributed by atoms with Crippen molar-refractivity contribution in [3.8, 4) is 0 Å². The highest BCUT2D eigenvalue weighted by molar-refractivity contribution is 6.08. The first-order chi connectivity index (χ1) is 19.1. The minimum Gasteiger partial charge on any atom is -0.461 e. The van der Waals surface area contributed by atoms with E-state index in [1.165, 1.54) is 12.5 Å². The molecule has 2 aliphatic carbocycles. The zero-order valence-corrected chi connectivity index (χ0v) is 24.9. The third-order valence-corrected chi connectivity index (χ3v) is 8.19. The molecule has 8 nitrogen and oxygen atoms in total. The lowest BCUT2D eigenvalue weighted by atomic mass is 9.63. The Hall–Kier alpha value is -2.61. The number of ketones is 2. The molecule has 0 saturated heterocycles. The molecule has 1 saturated carbocycles. The second-order valence-electron chi connectivity index (χ2n) is 11.3. The van der Waals surface area contributed by atoms with Crippen molar-refractivity contribution < 1.29 is 33.8 Å². The summed E-state index contributed by atoms with van der Waals surface area (Å²) < 4.78 is 10.9. The summed E-state index contributed by atoms with van der Waals surface area (Å²) in [6, 6.07) is 0. The summed E-state index contributed by atoms with van der Waals surface area (Å²) in [6.07, 6.45) is 8.15. The largest absolute Gasteiger partial charge is 0.461 e. The summed E-state index contributed by atoms with van der Waals surface area (Å²) in [5, 5.41) is 10.2. The monoisotopic (exact) mass is 559 g/mol. The maximum atomic E-state index is 13.1. The fourth-order valence-electron chi connectivity index (χ4n) is 5.57. The van der Waals surface area contributed by atoms with Gasteiger partial charge in [-0.25, -0.2) is 0 Å². The van der Waals surface area contributed by atoms with Gasteiger partial charge in [0.1, 0.15) is 18.5 Å². The van der Waals surface area contributed by atoms with Gasteiger partial charge in [0.05, 0.1) is 18.4 Å². The molecule has 1 N–H and O–H groups in total. The molecule has 8 heteroatoms. The lowest BCUT2D eigenvalue weighted by Crippen LogP contribution is -2.46. The fraction of sp³-hybridized carbons (Fsp3) is 0.719. The number of hydrogen-bond donors (Lipinski definition) is 1. The van der Waals surface area contributed by atoms with E-state index in [4.69, 9.17) is 14.5 Å². The van der Waals surface area contributed by atoms with Crippen molar-refractivity contribution in [3.05, 3.63) is 24.3 Å². The number of allylic oxidation sites excluding steroid dienone is 1. The molecule has 6 unspecified atom stereocenters. The predicted molar refractivity (Wildman–Crippen MR) is 155 cm³/mol. The molecule has 0 aliphatic heterocycles. The number of fused-ring (bicyclic) bond motifs is 1. The molecule has 224 valence electrons. The highest BCUT2D eigenvalue weighted by Gasteiger charge is 2.46. The van der Waals surface area contributed by atoms with Gasteiger partial charge in [0.25, 0.3) is 0 Å². The minimum atomic E-state index is -1.13. The Kier molecular flexibility index (Phi) is 14.5. The highest BCUT2D eigenvalue weighted by Crippen LogP contribution is 2.44. The maximum absolute atomic E-state index is 13.1. The Balaban J connectivity index is 2.19. The van der Waals surface area contributed by atoms with Gasteiger partial charge in [-0.3, -0.25) is 24.2 Å². The van der Waals surface area contributed by atoms with E-state index < -0.39 is 12.1 Å². The number of aliphatic imine (C=N–C) groups is 1. The van der Waals surface area contributed by atoms with Gasteiger partial charge in [-0.2, -0.15) is 0 Å². The average molecular weight is 560 g/mol. The SMILES string of the molecule is C=CCOC(=O)CC(O)CC(=O)CCC1C(C)C(=O)C=C2/C(=N\CCCCCC)CCC(OC(=O)C(C)CC)C21. The summed E-state index contributed by atoms with van der Waals surface area (Å²) in [5.41, 5.74) is 1.77. The van der Waals surface area contributed by atoms with Crippen molar-refractivity contribution in [1.29, 1.82) is 0 Å². The lowest BCUT2D eigenvalue weighted by Gasteiger charge is -2.43. The smallest absolute Gasteiger partial charge is 0.308 e. The molecule has 0 aromatic rings. The Morgan fingerprint density at radius 3 is 2.62 bits per heavy atom. The maximum Gasteiger partial charge on any atom is 0.308 e. The summed E-state index contributed by atoms with van der Waals surface area (Å²) in [6.45, 7) is 12.1. The molecule has 2 aliphatic rings. The van der Waals surface area contributed by atoms with Crippen LogP contribution in [0.15, 0.2) is 29.3 Å². The van der Waals surface area contributed by atoms with Crippen LogP contribution in [0.4, 0.5) is 0 Å². The molecule has 0 amide bonds. The summed E-state index contributed by atoms with van der Waals surface area (Å²) >= 11 is 0. The van der Waals surface area contributed by atoms with E-state index >= 15 is 0 Å². The predicted octanol–water partition coefficient (Wildman–Crippen LogP) is 5.36. The summed E-state index contributed by atoms with van der Waals surface area (Å²) in [4.78, 5) is 55.3. The van der Waals surface area contributed by atoms with Gasteiger partial charge in [0, 0.05) is 36.9 Å². The van der Waals surface area contributed by atoms with Crippen molar-refractivity contribution >= 4 is 29.2 Å². The molecular weight excluding hydrogens is 510 g/mol. The highest BCUT2D eigenvalue weighted by atomic mass is 16.5. The molecule has 0 aromatic carbocycles. The molecule has 2 rings (SSSR count). The Bertz CT molecular complexity index is 953. The number of ether oxygens (including phenoxy) is 2. The van der Waals surface area contributed by atoms with Gasteiger partial charge in [-0.05, 0) is 49.7 Å². The number of unbranched alkanes of at least 4 members (excludes halogenated alkanes) is 3. The molecule has 0 bridgehead atoms. The lowest BCUT2D eigenvalue weighted by molar-refractivity contribution is -0.158. The number of carbonyl (C=O) groups excluding carboxylic acids is 4. The van der Waals surface area contributed by atoms with Crippen LogP contribution in [0.2, 0.25) is 0 Å². The van der Waals surface area contributed by atoms with E-state index in [9.17, 15) is 24.3 Å². The summed E-state index contributed by atoms with van der Waals surface area (Å²) in [7, 11) is 0. The van der Waals surface area contributed by atoms with E-state index in [0.29, 0.717) is 32.2 Å². The van der Waals surface area contributed by atoms with E-state index in [1.807, 2.05) is 20.8 Å². The molecule has 0 heterocycles. The van der Waals surface area contributed by atoms with Gasteiger partial charge in [-0.15, -0.1) is 0 Å². The van der Waals surface area contributed by atoms with E-state index in [0.717, 1.165) is 30.5 Å². The molecule has 6 atom stereocenters. The number of rotatable bonds is 17. The normalized spacial score (nSPS) is 25.0. The van der Waals surface area contributed by atoms with E-state index in [1.54, 1.807) is 6.08 Å². The van der Waals surface area contributed by atoms with Crippen molar-refractivity contribution in [3.63, 3.8) is 0 Å². The number of esters is 2. The van der Waals surface area contributed by atoms with Crippen LogP contribution in [0.25, 0.3) is 0 Å². The molecule has 40 heavy (non-hydrogen) atoms. The third-order valence-electron chi connectivity index (χ3n) is 8.19. The van der Waals surface area contributed by atoms with Crippen molar-refractivity contribution in [2.75, 3.05) is 13.2 Å². The quantitative estimate of drug-likeness (QED) is 0.145. The number of aliphatic hydroxyl groups excluding tert-OH is 1. The van der Waals surface area contributed by atoms with Crippen LogP contribution < -0.4 is 0 Å². The second-order valence-corrected chi connectivity index (χ2v) is 11.3. The van der Waals surface area contributed by atoms with Gasteiger partial charge in [0.2, 0.25) is 0 Å². The first-order valence-electron chi connectivity index (χ1n) is 15.1. The summed E-state index contributed by atoms with van der Waals surface area (Å²) in [5.74, 6) is -1.98. The van der Waals surface area contributed by atoms with E-state index in [-0.39, 0.29) is 73.2 Å². The van der Waals surface area contributed by atoms with Gasteiger partial charge < -0.3 is 14.6 Å². The van der Waals surface area contributed by atoms with Crippen molar-refractivity contribution in [2.24, 2.45) is 28.7 Å². The Morgan fingerprint density at radius 2 is 1.95 bits per heavy atom. The molecular formula is C32H49NO7. The Morgan fingerprint density at radius 1 is 1.20 bits per heavy atom. The third kappa shape index (κ3) is 10.1. The minimum absolute atomic E-state index is 0.00119. The van der Waals surface area contributed by atoms with Crippen LogP contribution in [0.5, 0.6) is 0 Å². The number of Topliss-reactive ketones (excluding diaryl/α,β-unsaturated/α-hetero) is 1. The van der Waals surface area contributed by atoms with Crippen molar-refractivity contribution in [2.45, 2.75) is 111 Å². The van der Waals surface area contributed by atoms with Gasteiger partial charge in [-0.1, -0.05) is 59.6 Å². The second kappa shape index (κ2) is 17.3. The van der Waals surface area contributed by atoms with Crippen molar-refractivity contribution in [1.82, 2.24) is 0 Å². The van der Waals surface area contributed by atoms with Crippen LogP contribution in [0, 0.1) is 23.7 Å². The molecule has 0 spiro atoms. The first kappa shape index (κ1) is 33.6. The Labute approximate surface area is 239 Å². The first-order valence-corrected chi connectivity index (χ1v) is 15.1. The number of carbonyl (C=O) groups is 4.